The zero-order valence-corrected chi connectivity index (χ0v) is 37.4. The van der Waals surface area contributed by atoms with Crippen molar-refractivity contribution in [3.05, 3.63) is 143 Å². The largest absolute Gasteiger partial charge is 0.396 e. The molecule has 0 spiro atoms. The summed E-state index contributed by atoms with van der Waals surface area (Å²) in [4.78, 5) is 43.6. The maximum absolute atomic E-state index is 11.0. The lowest BCUT2D eigenvalue weighted by atomic mass is 9.81. The molecule has 0 atom stereocenters. The number of aldehydes is 1. The molecule has 0 bridgehead atoms. The molecule has 0 saturated carbocycles. The quantitative estimate of drug-likeness (QED) is 0.0384. The second kappa shape index (κ2) is 20.3. The van der Waals surface area contributed by atoms with Gasteiger partial charge in [0.1, 0.15) is 12.8 Å². The molecule has 3 aromatic rings. The highest BCUT2D eigenvalue weighted by Gasteiger charge is 2.44. The van der Waals surface area contributed by atoms with Gasteiger partial charge in [-0.1, -0.05) is 81.8 Å². The van der Waals surface area contributed by atoms with Gasteiger partial charge in [0.2, 0.25) is 5.69 Å². The first-order valence-electron chi connectivity index (χ1n) is 22.1. The van der Waals surface area contributed by atoms with E-state index in [1.165, 1.54) is 52.2 Å². The maximum Gasteiger partial charge on any atom is 0.253 e. The average Bonchev–Trinajstić information content (AvgIpc) is 3.80. The van der Waals surface area contributed by atoms with Crippen molar-refractivity contribution in [1.29, 1.82) is 0 Å². The van der Waals surface area contributed by atoms with Crippen LogP contribution in [0.25, 0.3) is 5.70 Å². The molecule has 1 aromatic heterocycles. The minimum absolute atomic E-state index is 0.133. The van der Waals surface area contributed by atoms with Crippen molar-refractivity contribution in [2.24, 2.45) is 11.6 Å². The van der Waals surface area contributed by atoms with Gasteiger partial charge in [0, 0.05) is 79.1 Å². The van der Waals surface area contributed by atoms with Crippen molar-refractivity contribution in [1.82, 2.24) is 15.1 Å². The van der Waals surface area contributed by atoms with Gasteiger partial charge in [0.15, 0.2) is 5.71 Å². The number of imide groups is 1. The fourth-order valence-electron chi connectivity index (χ4n) is 9.16. The highest BCUT2D eigenvalue weighted by Crippen LogP contribution is 2.48. The number of allylic oxidation sites excluding steroid dienone is 7. The lowest BCUT2D eigenvalue weighted by molar-refractivity contribution is -0.437. The zero-order valence-electron chi connectivity index (χ0n) is 37.4. The molecule has 4 N–H and O–H groups in total. The van der Waals surface area contributed by atoms with Crippen LogP contribution < -0.4 is 16.5 Å². The first-order chi connectivity index (χ1) is 29.8. The van der Waals surface area contributed by atoms with Crippen LogP contribution in [0.1, 0.15) is 116 Å². The van der Waals surface area contributed by atoms with Crippen LogP contribution in [-0.4, -0.2) is 63.6 Å². The van der Waals surface area contributed by atoms with Gasteiger partial charge in [0.25, 0.3) is 11.8 Å². The number of fused-ring (bicyclic) bond motifs is 2. The molecule has 326 valence electrons. The number of hydrogen-bond donors (Lipinski definition) is 2. The molecule has 2 amide bonds. The summed E-state index contributed by atoms with van der Waals surface area (Å²) < 4.78 is 2.49. The lowest BCUT2D eigenvalue weighted by Gasteiger charge is -2.29. The number of rotatable bonds is 15. The van der Waals surface area contributed by atoms with E-state index in [0.717, 1.165) is 75.1 Å². The van der Waals surface area contributed by atoms with E-state index in [1.54, 1.807) is 11.2 Å². The van der Waals surface area contributed by atoms with Crippen molar-refractivity contribution in [3.63, 3.8) is 0 Å². The number of unbranched alkanes of at least 4 members (excludes halogenated alkanes) is 3. The molecule has 4 aliphatic rings. The fourth-order valence-corrected chi connectivity index (χ4v) is 9.16. The minimum Gasteiger partial charge on any atom is -0.396 e. The van der Waals surface area contributed by atoms with Crippen LogP contribution in [0.4, 0.5) is 11.4 Å². The molecular weight excluding hydrogens is 775 g/mol. The number of nitrogens with two attached hydrogens (primary N) is 2. The summed E-state index contributed by atoms with van der Waals surface area (Å²) in [6.45, 7) is 13.4. The number of para-hydroxylation sites is 2. The minimum atomic E-state index is -0.248. The second-order valence-corrected chi connectivity index (χ2v) is 17.3. The molecule has 11 nitrogen and oxygen atoms in total. The molecule has 7 rings (SSSR count). The topological polar surface area (TPSA) is 138 Å². The molecule has 62 heavy (non-hydrogen) atoms. The summed E-state index contributed by atoms with van der Waals surface area (Å²) in [5, 5.41) is 2.51. The number of pyridine rings is 1. The molecule has 1 fully saturated rings. The van der Waals surface area contributed by atoms with Gasteiger partial charge in [-0.05, 0) is 86.9 Å². The molecule has 0 radical (unpaired) electrons. The molecule has 3 aliphatic heterocycles. The standard InChI is InChI=1S/C46H57N6O.C5H7NO3/c1-6-30-50-40-23-11-9-20-36(40)45(2,3)42(50)27-25-34-18-17-19-35(44(34)52(48)33-38(47)39-22-13-14-29-49-39)26-28-43-46(4,5)37-21-10-12-24-41(37)51(43)31-15-7-8-16-32-53;1-9-6-4(7)2-3-5(6)8/h9-14,20-29,32-33H,6-8,15-19,30-31,47-48H2,1-5H3;2-3H2,1H3/q+1;/b38-33-;. The second-order valence-electron chi connectivity index (χ2n) is 17.3. The van der Waals surface area contributed by atoms with Crippen LogP contribution in [0.3, 0.4) is 0 Å². The first kappa shape index (κ1) is 45.6. The van der Waals surface area contributed by atoms with Crippen molar-refractivity contribution in [3.8, 4) is 0 Å². The molecule has 4 heterocycles. The Kier molecular flexibility index (Phi) is 14.9. The van der Waals surface area contributed by atoms with Crippen molar-refractivity contribution in [2.75, 3.05) is 25.1 Å². The number of carbonyl (C=O) groups is 3. The summed E-state index contributed by atoms with van der Waals surface area (Å²) >= 11 is 0. The molecule has 2 aromatic carbocycles. The Morgan fingerprint density at radius 2 is 1.58 bits per heavy atom. The van der Waals surface area contributed by atoms with Crippen molar-refractivity contribution in [2.45, 2.75) is 110 Å². The molecule has 11 heteroatoms. The number of benzene rings is 2. The highest BCUT2D eigenvalue weighted by atomic mass is 16.7. The van der Waals surface area contributed by atoms with E-state index >= 15 is 0 Å². The van der Waals surface area contributed by atoms with E-state index in [1.807, 2.05) is 24.4 Å². The van der Waals surface area contributed by atoms with E-state index in [4.69, 9.17) is 11.6 Å². The number of hydroxylamine groups is 2. The normalized spacial score (nSPS) is 19.4. The average molecular weight is 839 g/mol. The van der Waals surface area contributed by atoms with Gasteiger partial charge in [-0.2, -0.15) is 9.64 Å². The monoisotopic (exact) mass is 839 g/mol. The summed E-state index contributed by atoms with van der Waals surface area (Å²) in [5.74, 6) is 6.54. The Labute approximate surface area is 367 Å². The van der Waals surface area contributed by atoms with E-state index in [-0.39, 0.29) is 35.5 Å². The Balaban J connectivity index is 0.000000633. The van der Waals surface area contributed by atoms with E-state index in [9.17, 15) is 14.4 Å². The number of hydrogen-bond acceptors (Lipinski definition) is 9. The number of nitrogens with zero attached hydrogens (tertiary/aromatic N) is 5. The SMILES string of the molecule is CCC[N+]1=C(/C=C/C2=C(N(N)/C=C(\N)c3ccccn3)C(=C/C=C3/N(CCCCCC=O)c4ccccc4C3(C)C)/CCC2)C(C)(C)c2ccccc21.CON1C(=O)CCC1=O. The third kappa shape index (κ3) is 9.74. The maximum atomic E-state index is 11.0. The van der Waals surface area contributed by atoms with Crippen molar-refractivity contribution >= 4 is 40.9 Å². The van der Waals surface area contributed by atoms with Crippen LogP contribution in [0.5, 0.6) is 0 Å². The van der Waals surface area contributed by atoms with Crippen LogP contribution in [0.15, 0.2) is 126 Å². The Hall–Kier alpha value is -5.91. The number of anilines is 1. The van der Waals surface area contributed by atoms with Crippen LogP contribution in [-0.2, 0) is 30.1 Å². The number of carbonyl (C=O) groups excluding carboxylic acids is 3. The fraction of sp³-hybridized carbons (Fsp3) is 0.392. The number of hydrazine groups is 1. The third-order valence-electron chi connectivity index (χ3n) is 12.3. The lowest BCUT2D eigenvalue weighted by Crippen LogP contribution is -2.30. The van der Waals surface area contributed by atoms with Gasteiger partial charge in [-0.15, -0.1) is 0 Å². The third-order valence-corrected chi connectivity index (χ3v) is 12.3. The van der Waals surface area contributed by atoms with E-state index < -0.39 is 0 Å². The summed E-state index contributed by atoms with van der Waals surface area (Å²) in [5.41, 5.74) is 18.7. The summed E-state index contributed by atoms with van der Waals surface area (Å²) in [6, 6.07) is 23.3. The van der Waals surface area contributed by atoms with Crippen LogP contribution in [0, 0.1) is 0 Å². The Morgan fingerprint density at radius 3 is 2.26 bits per heavy atom. The van der Waals surface area contributed by atoms with Crippen LogP contribution >= 0.6 is 0 Å². The predicted octanol–water partition coefficient (Wildman–Crippen LogP) is 9.06. The van der Waals surface area contributed by atoms with E-state index in [0.29, 0.717) is 17.8 Å². The van der Waals surface area contributed by atoms with Gasteiger partial charge in [-0.25, -0.2) is 5.84 Å². The van der Waals surface area contributed by atoms with Gasteiger partial charge < -0.3 is 15.4 Å². The molecular formula is C51H64N7O4+. The Bertz CT molecular complexity index is 2300. The molecule has 0 unspecified atom stereocenters. The Morgan fingerprint density at radius 1 is 0.871 bits per heavy atom. The highest BCUT2D eigenvalue weighted by molar-refractivity contribution is 6.03. The van der Waals surface area contributed by atoms with Gasteiger partial charge in [-0.3, -0.25) is 24.4 Å². The zero-order chi connectivity index (χ0) is 44.4. The summed E-state index contributed by atoms with van der Waals surface area (Å²) in [6.07, 6.45) is 21.9. The predicted molar refractivity (Wildman–Crippen MR) is 248 cm³/mol. The number of amides is 2. The van der Waals surface area contributed by atoms with Crippen molar-refractivity contribution < 1.29 is 23.8 Å². The van der Waals surface area contributed by atoms with Crippen LogP contribution in [0.2, 0.25) is 0 Å². The summed E-state index contributed by atoms with van der Waals surface area (Å²) in [7, 11) is 1.31. The molecule has 1 saturated heterocycles. The number of aromatic nitrogens is 1. The van der Waals surface area contributed by atoms with Gasteiger partial charge in [0.05, 0.1) is 29.6 Å². The van der Waals surface area contributed by atoms with E-state index in [2.05, 4.69) is 127 Å². The van der Waals surface area contributed by atoms with Gasteiger partial charge >= 0.3 is 0 Å². The molecule has 1 aliphatic carbocycles. The smallest absolute Gasteiger partial charge is 0.253 e. The first-order valence-corrected chi connectivity index (χ1v) is 22.1.